The number of carbonyl (C=O) groups is 1. The molecule has 104 valence electrons. The highest BCUT2D eigenvalue weighted by Crippen LogP contribution is 2.31. The van der Waals surface area contributed by atoms with Crippen molar-refractivity contribution in [1.82, 2.24) is 10.2 Å². The Hall–Kier alpha value is -1.39. The Morgan fingerprint density at radius 1 is 1.47 bits per heavy atom. The molecule has 2 N–H and O–H groups in total. The molecule has 0 radical (unpaired) electrons. The molecule has 0 saturated heterocycles. The van der Waals surface area contributed by atoms with Gasteiger partial charge in [0.2, 0.25) is 5.91 Å². The lowest BCUT2D eigenvalue weighted by Gasteiger charge is -2.23. The summed E-state index contributed by atoms with van der Waals surface area (Å²) in [5.41, 5.74) is 2.16. The second-order valence-corrected chi connectivity index (χ2v) is 5.52. The van der Waals surface area contributed by atoms with Crippen LogP contribution in [-0.4, -0.2) is 41.7 Å². The standard InChI is InChI=1S/C15H22N2O2/c1-10(2)17(3)9-14(19)16-15-12-7-5-4-6-11(12)8-13(15)18/h4-7,10,13,15,18H,8-9H2,1-3H3,(H,16,19). The van der Waals surface area contributed by atoms with Crippen molar-refractivity contribution in [3.63, 3.8) is 0 Å². The number of aliphatic hydroxyl groups is 1. The molecule has 1 aromatic carbocycles. The van der Waals surface area contributed by atoms with Crippen LogP contribution in [-0.2, 0) is 11.2 Å². The molecule has 2 rings (SSSR count). The summed E-state index contributed by atoms with van der Waals surface area (Å²) in [7, 11) is 1.92. The first-order valence-corrected chi connectivity index (χ1v) is 6.74. The number of hydrogen-bond acceptors (Lipinski definition) is 3. The normalized spacial score (nSPS) is 21.8. The van der Waals surface area contributed by atoms with Crippen molar-refractivity contribution >= 4 is 5.91 Å². The molecule has 0 heterocycles. The van der Waals surface area contributed by atoms with Gasteiger partial charge in [0.05, 0.1) is 18.7 Å². The summed E-state index contributed by atoms with van der Waals surface area (Å²) in [5, 5.41) is 13.0. The van der Waals surface area contributed by atoms with E-state index in [-0.39, 0.29) is 11.9 Å². The summed E-state index contributed by atoms with van der Waals surface area (Å²) < 4.78 is 0. The lowest BCUT2D eigenvalue weighted by molar-refractivity contribution is -0.123. The molecular formula is C15H22N2O2. The number of likely N-dealkylation sites (N-methyl/N-ethyl adjacent to an activating group) is 1. The monoisotopic (exact) mass is 262 g/mol. The molecule has 4 heteroatoms. The summed E-state index contributed by atoms with van der Waals surface area (Å²) in [6.07, 6.45) is 0.0897. The average Bonchev–Trinajstić information content (AvgIpc) is 2.66. The van der Waals surface area contributed by atoms with Crippen molar-refractivity contribution < 1.29 is 9.90 Å². The number of hydrogen-bond donors (Lipinski definition) is 2. The van der Waals surface area contributed by atoms with Crippen LogP contribution in [0.5, 0.6) is 0 Å². The zero-order valence-electron chi connectivity index (χ0n) is 11.8. The molecular weight excluding hydrogens is 240 g/mol. The largest absolute Gasteiger partial charge is 0.390 e. The fourth-order valence-corrected chi connectivity index (χ4v) is 2.38. The van der Waals surface area contributed by atoms with Gasteiger partial charge in [0, 0.05) is 12.5 Å². The van der Waals surface area contributed by atoms with E-state index in [2.05, 4.69) is 5.32 Å². The Morgan fingerprint density at radius 3 is 2.84 bits per heavy atom. The molecule has 1 aliphatic carbocycles. The van der Waals surface area contributed by atoms with Crippen LogP contribution in [0, 0.1) is 0 Å². The van der Waals surface area contributed by atoms with Gasteiger partial charge in [-0.15, -0.1) is 0 Å². The molecule has 0 bridgehead atoms. The van der Waals surface area contributed by atoms with Gasteiger partial charge in [-0.25, -0.2) is 0 Å². The molecule has 2 unspecified atom stereocenters. The quantitative estimate of drug-likeness (QED) is 0.854. The molecule has 0 saturated carbocycles. The van der Waals surface area contributed by atoms with E-state index in [0.29, 0.717) is 19.0 Å². The molecule has 19 heavy (non-hydrogen) atoms. The van der Waals surface area contributed by atoms with E-state index in [1.807, 2.05) is 50.1 Å². The van der Waals surface area contributed by atoms with E-state index in [9.17, 15) is 9.90 Å². The van der Waals surface area contributed by atoms with Crippen LogP contribution >= 0.6 is 0 Å². The van der Waals surface area contributed by atoms with Crippen LogP contribution < -0.4 is 5.32 Å². The highest BCUT2D eigenvalue weighted by molar-refractivity contribution is 5.78. The Balaban J connectivity index is 2.01. The molecule has 1 aromatic rings. The number of rotatable bonds is 4. The van der Waals surface area contributed by atoms with Crippen LogP contribution in [0.2, 0.25) is 0 Å². The van der Waals surface area contributed by atoms with Crippen LogP contribution in [0.1, 0.15) is 31.0 Å². The molecule has 0 aromatic heterocycles. The molecule has 0 spiro atoms. The Labute approximate surface area is 114 Å². The fourth-order valence-electron chi connectivity index (χ4n) is 2.38. The minimum Gasteiger partial charge on any atom is -0.390 e. The van der Waals surface area contributed by atoms with Crippen LogP contribution in [0.4, 0.5) is 0 Å². The van der Waals surface area contributed by atoms with Gasteiger partial charge in [-0.3, -0.25) is 9.69 Å². The maximum absolute atomic E-state index is 12.0. The van der Waals surface area contributed by atoms with E-state index < -0.39 is 6.10 Å². The fraction of sp³-hybridized carbons (Fsp3) is 0.533. The number of carbonyl (C=O) groups excluding carboxylic acids is 1. The second kappa shape index (κ2) is 5.72. The average molecular weight is 262 g/mol. The summed E-state index contributed by atoms with van der Waals surface area (Å²) in [6, 6.07) is 7.93. The Bertz CT molecular complexity index is 459. The highest BCUT2D eigenvalue weighted by Gasteiger charge is 2.31. The third-order valence-corrected chi connectivity index (χ3v) is 3.80. The number of aliphatic hydroxyl groups excluding tert-OH is 1. The van der Waals surface area contributed by atoms with Crippen molar-refractivity contribution in [3.05, 3.63) is 35.4 Å². The molecule has 2 atom stereocenters. The van der Waals surface area contributed by atoms with Crippen molar-refractivity contribution in [1.29, 1.82) is 0 Å². The van der Waals surface area contributed by atoms with Crippen molar-refractivity contribution in [2.45, 2.75) is 38.5 Å². The number of nitrogens with one attached hydrogen (secondary N) is 1. The molecule has 1 amide bonds. The van der Waals surface area contributed by atoms with Crippen molar-refractivity contribution in [2.75, 3.05) is 13.6 Å². The van der Waals surface area contributed by atoms with Gasteiger partial charge in [0.1, 0.15) is 0 Å². The summed E-state index contributed by atoms with van der Waals surface area (Å²) in [6.45, 7) is 4.45. The van der Waals surface area contributed by atoms with Gasteiger partial charge in [0.25, 0.3) is 0 Å². The van der Waals surface area contributed by atoms with E-state index in [0.717, 1.165) is 11.1 Å². The summed E-state index contributed by atoms with van der Waals surface area (Å²) in [5.74, 6) is -0.0445. The Morgan fingerprint density at radius 2 is 2.16 bits per heavy atom. The lowest BCUT2D eigenvalue weighted by Crippen LogP contribution is -2.41. The number of benzene rings is 1. The van der Waals surface area contributed by atoms with E-state index >= 15 is 0 Å². The van der Waals surface area contributed by atoms with Crippen LogP contribution in [0.25, 0.3) is 0 Å². The molecule has 0 aliphatic heterocycles. The summed E-state index contributed by atoms with van der Waals surface area (Å²) in [4.78, 5) is 14.0. The van der Waals surface area contributed by atoms with E-state index in [1.165, 1.54) is 0 Å². The van der Waals surface area contributed by atoms with E-state index in [1.54, 1.807) is 0 Å². The third-order valence-electron chi connectivity index (χ3n) is 3.80. The number of amides is 1. The van der Waals surface area contributed by atoms with Crippen LogP contribution in [0.15, 0.2) is 24.3 Å². The number of fused-ring (bicyclic) bond motifs is 1. The SMILES string of the molecule is CC(C)N(C)CC(=O)NC1c2ccccc2CC1O. The minimum atomic E-state index is -0.522. The zero-order chi connectivity index (χ0) is 14.0. The van der Waals surface area contributed by atoms with Gasteiger partial charge < -0.3 is 10.4 Å². The third kappa shape index (κ3) is 3.14. The zero-order valence-corrected chi connectivity index (χ0v) is 11.8. The summed E-state index contributed by atoms with van der Waals surface area (Å²) >= 11 is 0. The Kier molecular flexibility index (Phi) is 4.22. The van der Waals surface area contributed by atoms with Gasteiger partial charge in [0.15, 0.2) is 0 Å². The first-order valence-electron chi connectivity index (χ1n) is 6.74. The smallest absolute Gasteiger partial charge is 0.234 e. The van der Waals surface area contributed by atoms with Gasteiger partial charge in [-0.1, -0.05) is 24.3 Å². The second-order valence-electron chi connectivity index (χ2n) is 5.52. The first kappa shape index (κ1) is 14.0. The predicted octanol–water partition coefficient (Wildman–Crippen LogP) is 1.10. The molecule has 1 aliphatic rings. The lowest BCUT2D eigenvalue weighted by atomic mass is 10.1. The molecule has 0 fully saturated rings. The van der Waals surface area contributed by atoms with Crippen molar-refractivity contribution in [3.8, 4) is 0 Å². The van der Waals surface area contributed by atoms with Crippen LogP contribution in [0.3, 0.4) is 0 Å². The van der Waals surface area contributed by atoms with Gasteiger partial charge >= 0.3 is 0 Å². The number of nitrogens with zero attached hydrogens (tertiary/aromatic N) is 1. The highest BCUT2D eigenvalue weighted by atomic mass is 16.3. The maximum atomic E-state index is 12.0. The maximum Gasteiger partial charge on any atom is 0.234 e. The van der Waals surface area contributed by atoms with E-state index in [4.69, 9.17) is 0 Å². The van der Waals surface area contributed by atoms with Crippen molar-refractivity contribution in [2.24, 2.45) is 0 Å². The minimum absolute atomic E-state index is 0.0445. The first-order chi connectivity index (χ1) is 8.99. The van der Waals surface area contributed by atoms with Gasteiger partial charge in [-0.05, 0) is 32.0 Å². The predicted molar refractivity (Wildman–Crippen MR) is 74.8 cm³/mol. The topological polar surface area (TPSA) is 52.6 Å². The van der Waals surface area contributed by atoms with Gasteiger partial charge in [-0.2, -0.15) is 0 Å². The molecule has 4 nitrogen and oxygen atoms in total.